The van der Waals surface area contributed by atoms with E-state index in [0.29, 0.717) is 46.2 Å². The van der Waals surface area contributed by atoms with Gasteiger partial charge in [-0.05, 0) is 6.92 Å². The second-order valence-corrected chi connectivity index (χ2v) is 3.21. The Labute approximate surface area is 114 Å². The summed E-state index contributed by atoms with van der Waals surface area (Å²) in [6.07, 6.45) is 0. The molecule has 19 heavy (non-hydrogen) atoms. The van der Waals surface area contributed by atoms with Crippen LogP contribution in [-0.4, -0.2) is 75.6 Å². The van der Waals surface area contributed by atoms with E-state index in [2.05, 4.69) is 9.47 Å². The summed E-state index contributed by atoms with van der Waals surface area (Å²) >= 11 is 0. The first kappa shape index (κ1) is 20.6. The quantitative estimate of drug-likeness (QED) is 0.393. The van der Waals surface area contributed by atoms with Crippen molar-refractivity contribution in [2.75, 3.05) is 59.5 Å². The summed E-state index contributed by atoms with van der Waals surface area (Å²) in [6.45, 7) is 6.60. The number of carbonyl (C=O) groups excluding carboxylic acids is 1. The number of hydrogen-bond donors (Lipinski definition) is 2. The molecule has 0 aromatic heterocycles. The molecule has 0 saturated heterocycles. The summed E-state index contributed by atoms with van der Waals surface area (Å²) in [5.41, 5.74) is 0. The molecule has 0 saturated carbocycles. The van der Waals surface area contributed by atoms with Gasteiger partial charge in [-0.25, -0.2) is 0 Å². The molecule has 0 heterocycles. The molecule has 0 aliphatic rings. The van der Waals surface area contributed by atoms with Crippen LogP contribution in [0.2, 0.25) is 0 Å². The molecule has 0 spiro atoms. The first-order valence-corrected chi connectivity index (χ1v) is 6.27. The van der Waals surface area contributed by atoms with Crippen LogP contribution in [-0.2, 0) is 23.7 Å². The van der Waals surface area contributed by atoms with E-state index in [-0.39, 0.29) is 19.2 Å². The van der Waals surface area contributed by atoms with Crippen LogP contribution in [0.1, 0.15) is 13.8 Å². The van der Waals surface area contributed by atoms with Gasteiger partial charge in [0.1, 0.15) is 6.61 Å². The highest BCUT2D eigenvalue weighted by molar-refractivity contribution is 5.65. The molecule has 0 radical (unpaired) electrons. The van der Waals surface area contributed by atoms with E-state index in [4.69, 9.17) is 19.7 Å². The fraction of sp³-hybridized carbons (Fsp3) is 0.917. The van der Waals surface area contributed by atoms with Gasteiger partial charge in [0.2, 0.25) is 0 Å². The van der Waals surface area contributed by atoms with Crippen LogP contribution in [0.4, 0.5) is 0 Å². The molecule has 0 bridgehead atoms. The lowest BCUT2D eigenvalue weighted by atomic mass is 10.7. The summed E-state index contributed by atoms with van der Waals surface area (Å²) in [6, 6.07) is 0. The lowest BCUT2D eigenvalue weighted by Crippen LogP contribution is -2.10. The zero-order valence-electron chi connectivity index (χ0n) is 11.8. The molecule has 0 aromatic rings. The number of aliphatic hydroxyl groups is 2. The monoisotopic (exact) mass is 282 g/mol. The van der Waals surface area contributed by atoms with Crippen LogP contribution in [0.3, 0.4) is 0 Å². The Morgan fingerprint density at radius 2 is 1.32 bits per heavy atom. The highest BCUT2D eigenvalue weighted by Gasteiger charge is 1.92. The lowest BCUT2D eigenvalue weighted by Gasteiger charge is -2.03. The van der Waals surface area contributed by atoms with E-state index in [9.17, 15) is 4.79 Å². The Bertz CT molecular complexity index is 171. The van der Waals surface area contributed by atoms with Gasteiger partial charge in [0.05, 0.1) is 46.2 Å². The van der Waals surface area contributed by atoms with Gasteiger partial charge in [-0.3, -0.25) is 4.79 Å². The third kappa shape index (κ3) is 26.7. The fourth-order valence-corrected chi connectivity index (χ4v) is 0.840. The second kappa shape index (κ2) is 19.6. The molecule has 7 nitrogen and oxygen atoms in total. The van der Waals surface area contributed by atoms with Crippen LogP contribution in [0, 0.1) is 0 Å². The molecule has 0 aliphatic heterocycles. The summed E-state index contributed by atoms with van der Waals surface area (Å²) in [5, 5.41) is 16.2. The maximum atomic E-state index is 10.3. The lowest BCUT2D eigenvalue weighted by molar-refractivity contribution is -0.142. The average Bonchev–Trinajstić information content (AvgIpc) is 2.39. The summed E-state index contributed by atoms with van der Waals surface area (Å²) < 4.78 is 19.4. The number of aliphatic hydroxyl groups excluding tert-OH is 2. The molecular formula is C12H26O7. The van der Waals surface area contributed by atoms with Gasteiger partial charge in [-0.1, -0.05) is 0 Å². The van der Waals surface area contributed by atoms with Crippen molar-refractivity contribution in [2.45, 2.75) is 13.8 Å². The molecule has 0 rings (SSSR count). The molecule has 0 amide bonds. The first-order chi connectivity index (χ1) is 9.18. The zero-order valence-corrected chi connectivity index (χ0v) is 11.8. The van der Waals surface area contributed by atoms with E-state index in [0.717, 1.165) is 0 Å². The Morgan fingerprint density at radius 3 is 1.79 bits per heavy atom. The zero-order chi connectivity index (χ0) is 14.8. The van der Waals surface area contributed by atoms with Crippen LogP contribution in [0.5, 0.6) is 0 Å². The molecule has 0 unspecified atom stereocenters. The largest absolute Gasteiger partial charge is 0.463 e. The highest BCUT2D eigenvalue weighted by Crippen LogP contribution is 1.80. The minimum Gasteiger partial charge on any atom is -0.463 e. The number of rotatable bonds is 11. The van der Waals surface area contributed by atoms with E-state index in [1.54, 1.807) is 0 Å². The molecule has 0 aliphatic carbocycles. The Kier molecular flexibility index (Phi) is 21.2. The minimum absolute atomic E-state index is 0.0278. The number of ether oxygens (including phenoxy) is 4. The molecular weight excluding hydrogens is 256 g/mol. The van der Waals surface area contributed by atoms with Gasteiger partial charge in [0.15, 0.2) is 0 Å². The van der Waals surface area contributed by atoms with Gasteiger partial charge in [0.25, 0.3) is 0 Å². The SMILES string of the molecule is CCOCCOCCOC(C)=O.OCCOCCO. The molecule has 7 heteroatoms. The van der Waals surface area contributed by atoms with Crippen molar-refractivity contribution >= 4 is 5.97 Å². The first-order valence-electron chi connectivity index (χ1n) is 6.27. The van der Waals surface area contributed by atoms with Crippen molar-refractivity contribution in [2.24, 2.45) is 0 Å². The molecule has 0 fully saturated rings. The number of hydrogen-bond acceptors (Lipinski definition) is 7. The van der Waals surface area contributed by atoms with Crippen molar-refractivity contribution in [3.8, 4) is 0 Å². The fourth-order valence-electron chi connectivity index (χ4n) is 0.840. The maximum Gasteiger partial charge on any atom is 0.302 e. The minimum atomic E-state index is -0.275. The smallest absolute Gasteiger partial charge is 0.302 e. The third-order valence-corrected chi connectivity index (χ3v) is 1.58. The summed E-state index contributed by atoms with van der Waals surface area (Å²) in [4.78, 5) is 10.3. The summed E-state index contributed by atoms with van der Waals surface area (Å²) in [7, 11) is 0. The standard InChI is InChI=1S/C8H16O4.C4H10O3/c1-3-10-4-5-11-6-7-12-8(2)9;5-1-3-7-4-2-6/h3-7H2,1-2H3;5-6H,1-4H2. The average molecular weight is 282 g/mol. The predicted molar refractivity (Wildman–Crippen MR) is 68.9 cm³/mol. The van der Waals surface area contributed by atoms with Crippen LogP contribution in [0.25, 0.3) is 0 Å². The van der Waals surface area contributed by atoms with Crippen molar-refractivity contribution < 1.29 is 34.0 Å². The molecule has 2 N–H and O–H groups in total. The van der Waals surface area contributed by atoms with E-state index >= 15 is 0 Å². The third-order valence-electron chi connectivity index (χ3n) is 1.58. The van der Waals surface area contributed by atoms with Gasteiger partial charge >= 0.3 is 5.97 Å². The van der Waals surface area contributed by atoms with E-state index < -0.39 is 0 Å². The van der Waals surface area contributed by atoms with Gasteiger partial charge in [-0.15, -0.1) is 0 Å². The number of esters is 1. The topological polar surface area (TPSA) is 94.5 Å². The maximum absolute atomic E-state index is 10.3. The summed E-state index contributed by atoms with van der Waals surface area (Å²) in [5.74, 6) is -0.275. The van der Waals surface area contributed by atoms with Gasteiger partial charge < -0.3 is 29.2 Å². The highest BCUT2D eigenvalue weighted by atomic mass is 16.6. The van der Waals surface area contributed by atoms with E-state index in [1.807, 2.05) is 6.92 Å². The van der Waals surface area contributed by atoms with Crippen molar-refractivity contribution in [1.29, 1.82) is 0 Å². The van der Waals surface area contributed by atoms with E-state index in [1.165, 1.54) is 6.92 Å². The van der Waals surface area contributed by atoms with Gasteiger partial charge in [0, 0.05) is 13.5 Å². The van der Waals surface area contributed by atoms with Crippen LogP contribution in [0.15, 0.2) is 0 Å². The second-order valence-electron chi connectivity index (χ2n) is 3.21. The van der Waals surface area contributed by atoms with Crippen molar-refractivity contribution in [1.82, 2.24) is 0 Å². The molecule has 0 aromatic carbocycles. The molecule has 0 atom stereocenters. The Hall–Kier alpha value is -0.730. The molecule has 116 valence electrons. The van der Waals surface area contributed by atoms with Crippen LogP contribution >= 0.6 is 0 Å². The Balaban J connectivity index is 0. The van der Waals surface area contributed by atoms with Crippen LogP contribution < -0.4 is 0 Å². The number of carbonyl (C=O) groups is 1. The predicted octanol–water partition coefficient (Wildman–Crippen LogP) is -0.410. The van der Waals surface area contributed by atoms with Gasteiger partial charge in [-0.2, -0.15) is 0 Å². The van der Waals surface area contributed by atoms with Crippen molar-refractivity contribution in [3.05, 3.63) is 0 Å². The Morgan fingerprint density at radius 1 is 0.842 bits per heavy atom. The van der Waals surface area contributed by atoms with Crippen molar-refractivity contribution in [3.63, 3.8) is 0 Å². The normalized spacial score (nSPS) is 9.68.